The lowest BCUT2D eigenvalue weighted by Gasteiger charge is -2.18. The van der Waals surface area contributed by atoms with E-state index in [4.69, 9.17) is 10.9 Å². The summed E-state index contributed by atoms with van der Waals surface area (Å²) in [6.07, 6.45) is -1.07. The van der Waals surface area contributed by atoms with Crippen molar-refractivity contribution in [1.82, 2.24) is 5.32 Å². The Bertz CT molecular complexity index is 895. The van der Waals surface area contributed by atoms with Gasteiger partial charge in [0.15, 0.2) is 0 Å². The third kappa shape index (κ3) is 8.12. The van der Waals surface area contributed by atoms with E-state index < -0.39 is 30.2 Å². The Kier molecular flexibility index (Phi) is 8.60. The molecule has 1 amide bonds. The summed E-state index contributed by atoms with van der Waals surface area (Å²) >= 11 is 0. The van der Waals surface area contributed by atoms with Gasteiger partial charge in [0.25, 0.3) is 0 Å². The number of unbranched alkanes of at least 4 members (excludes halogenated alkanes) is 1. The SMILES string of the molecule is NN=Cc1ccc(CCCCC(=O)NC(CC(=O)O)c2ccc(C(F)(F)F)cc2)cc1. The molecule has 0 spiro atoms. The average Bonchev–Trinajstić information content (AvgIpc) is 2.71. The van der Waals surface area contributed by atoms with Gasteiger partial charge in [-0.05, 0) is 48.1 Å². The maximum atomic E-state index is 12.7. The van der Waals surface area contributed by atoms with Crippen molar-refractivity contribution in [3.05, 3.63) is 70.8 Å². The highest BCUT2D eigenvalue weighted by atomic mass is 19.4. The van der Waals surface area contributed by atoms with Crippen LogP contribution in [-0.4, -0.2) is 23.2 Å². The van der Waals surface area contributed by atoms with Crippen molar-refractivity contribution in [2.45, 2.75) is 44.3 Å². The smallest absolute Gasteiger partial charge is 0.416 e. The van der Waals surface area contributed by atoms with Crippen LogP contribution in [0.1, 0.15) is 54.0 Å². The number of hydrazone groups is 1. The standard InChI is InChI=1S/C22H24F3N3O3/c23-22(24,25)18-11-9-17(10-12-18)19(13-21(30)31)28-20(29)4-2-1-3-15-5-7-16(8-6-15)14-27-26/h5-12,14,19H,1-4,13,26H2,(H,28,29)(H,30,31). The van der Waals surface area contributed by atoms with Crippen molar-refractivity contribution in [3.8, 4) is 0 Å². The highest BCUT2D eigenvalue weighted by Gasteiger charge is 2.30. The number of halogens is 3. The lowest BCUT2D eigenvalue weighted by molar-refractivity contribution is -0.139. The summed E-state index contributed by atoms with van der Waals surface area (Å²) in [5, 5.41) is 15.2. The minimum absolute atomic E-state index is 0.189. The largest absolute Gasteiger partial charge is 0.481 e. The molecule has 6 nitrogen and oxygen atoms in total. The predicted molar refractivity (Wildman–Crippen MR) is 110 cm³/mol. The van der Waals surface area contributed by atoms with Crippen LogP contribution in [0.4, 0.5) is 13.2 Å². The van der Waals surface area contributed by atoms with Crippen LogP contribution in [0.2, 0.25) is 0 Å². The second-order valence-corrected chi connectivity index (χ2v) is 7.06. The number of carboxylic acids is 1. The molecule has 4 N–H and O–H groups in total. The quantitative estimate of drug-likeness (QED) is 0.227. The second kappa shape index (κ2) is 11.1. The Morgan fingerprint density at radius 2 is 1.71 bits per heavy atom. The molecule has 9 heteroatoms. The Morgan fingerprint density at radius 1 is 1.06 bits per heavy atom. The van der Waals surface area contributed by atoms with Crippen LogP contribution >= 0.6 is 0 Å². The Labute approximate surface area is 178 Å². The van der Waals surface area contributed by atoms with E-state index in [1.54, 1.807) is 6.21 Å². The van der Waals surface area contributed by atoms with E-state index in [2.05, 4.69) is 10.4 Å². The zero-order valence-corrected chi connectivity index (χ0v) is 16.7. The summed E-state index contributed by atoms with van der Waals surface area (Å²) in [5.74, 6) is 3.60. The summed E-state index contributed by atoms with van der Waals surface area (Å²) in [5.41, 5.74) is 1.46. The van der Waals surface area contributed by atoms with Crippen LogP contribution in [-0.2, 0) is 22.2 Å². The molecule has 0 aliphatic heterocycles. The molecular weight excluding hydrogens is 411 g/mol. The minimum Gasteiger partial charge on any atom is -0.481 e. The lowest BCUT2D eigenvalue weighted by atomic mass is 10.0. The zero-order chi connectivity index (χ0) is 22.9. The normalized spacial score (nSPS) is 12.6. The molecule has 0 aromatic heterocycles. The maximum Gasteiger partial charge on any atom is 0.416 e. The number of aliphatic carboxylic acids is 1. The Hall–Kier alpha value is -3.36. The molecule has 0 heterocycles. The van der Waals surface area contributed by atoms with Crippen LogP contribution in [0.15, 0.2) is 53.6 Å². The summed E-state index contributed by atoms with van der Waals surface area (Å²) in [7, 11) is 0. The third-order valence-electron chi connectivity index (χ3n) is 4.68. The monoisotopic (exact) mass is 435 g/mol. The molecule has 0 aliphatic rings. The van der Waals surface area contributed by atoms with Gasteiger partial charge >= 0.3 is 12.1 Å². The van der Waals surface area contributed by atoms with Crippen molar-refractivity contribution in [1.29, 1.82) is 0 Å². The van der Waals surface area contributed by atoms with Gasteiger partial charge in [-0.2, -0.15) is 18.3 Å². The maximum absolute atomic E-state index is 12.7. The molecule has 0 bridgehead atoms. The fraction of sp³-hybridized carbons (Fsp3) is 0.318. The molecule has 166 valence electrons. The highest BCUT2D eigenvalue weighted by Crippen LogP contribution is 2.30. The average molecular weight is 435 g/mol. The molecule has 0 aliphatic carbocycles. The van der Waals surface area contributed by atoms with E-state index in [-0.39, 0.29) is 12.3 Å². The predicted octanol–water partition coefficient (Wildman–Crippen LogP) is 4.04. The summed E-state index contributed by atoms with van der Waals surface area (Å²) in [6, 6.07) is 10.9. The first-order chi connectivity index (χ1) is 14.7. The van der Waals surface area contributed by atoms with Crippen LogP contribution in [0, 0.1) is 0 Å². The van der Waals surface area contributed by atoms with E-state index >= 15 is 0 Å². The molecule has 2 aromatic rings. The fourth-order valence-electron chi connectivity index (χ4n) is 3.07. The molecule has 0 saturated heterocycles. The zero-order valence-electron chi connectivity index (χ0n) is 16.7. The fourth-order valence-corrected chi connectivity index (χ4v) is 3.07. The molecular formula is C22H24F3N3O3. The second-order valence-electron chi connectivity index (χ2n) is 7.06. The van der Waals surface area contributed by atoms with Gasteiger partial charge in [0.05, 0.1) is 24.2 Å². The van der Waals surface area contributed by atoms with Gasteiger partial charge in [-0.3, -0.25) is 9.59 Å². The van der Waals surface area contributed by atoms with E-state index in [0.29, 0.717) is 12.0 Å². The summed E-state index contributed by atoms with van der Waals surface area (Å²) < 4.78 is 38.1. The number of alkyl halides is 3. The van der Waals surface area contributed by atoms with Gasteiger partial charge in [-0.25, -0.2) is 0 Å². The minimum atomic E-state index is -4.48. The number of nitrogens with two attached hydrogens (primary N) is 1. The van der Waals surface area contributed by atoms with Gasteiger partial charge in [0.1, 0.15) is 0 Å². The number of benzene rings is 2. The van der Waals surface area contributed by atoms with Crippen LogP contribution in [0.5, 0.6) is 0 Å². The van der Waals surface area contributed by atoms with Gasteiger partial charge in [0, 0.05) is 6.42 Å². The van der Waals surface area contributed by atoms with Gasteiger partial charge < -0.3 is 16.3 Å². The summed E-state index contributed by atoms with van der Waals surface area (Å²) in [6.45, 7) is 0. The van der Waals surface area contributed by atoms with E-state index in [1.165, 1.54) is 12.1 Å². The van der Waals surface area contributed by atoms with Crippen molar-refractivity contribution in [3.63, 3.8) is 0 Å². The number of carboxylic acid groups (broad SMARTS) is 1. The molecule has 2 rings (SSSR count). The number of hydrogen-bond donors (Lipinski definition) is 3. The Balaban J connectivity index is 1.87. The molecule has 31 heavy (non-hydrogen) atoms. The van der Waals surface area contributed by atoms with Gasteiger partial charge in [-0.1, -0.05) is 36.4 Å². The molecule has 0 fully saturated rings. The number of carbonyl (C=O) groups excluding carboxylic acids is 1. The van der Waals surface area contributed by atoms with Gasteiger partial charge in [-0.15, -0.1) is 0 Å². The van der Waals surface area contributed by atoms with E-state index in [0.717, 1.165) is 36.1 Å². The Morgan fingerprint density at radius 3 is 2.26 bits per heavy atom. The number of amides is 1. The number of hydrogen-bond acceptors (Lipinski definition) is 4. The highest BCUT2D eigenvalue weighted by molar-refractivity contribution is 5.79. The first-order valence-corrected chi connectivity index (χ1v) is 9.69. The molecule has 2 aromatic carbocycles. The van der Waals surface area contributed by atoms with E-state index in [9.17, 15) is 22.8 Å². The van der Waals surface area contributed by atoms with Crippen molar-refractivity contribution >= 4 is 18.1 Å². The number of carbonyl (C=O) groups is 2. The molecule has 1 atom stereocenters. The van der Waals surface area contributed by atoms with E-state index in [1.807, 2.05) is 24.3 Å². The topological polar surface area (TPSA) is 105 Å². The van der Waals surface area contributed by atoms with Crippen LogP contribution < -0.4 is 11.2 Å². The number of rotatable bonds is 10. The van der Waals surface area contributed by atoms with Gasteiger partial charge in [0.2, 0.25) is 5.91 Å². The first kappa shape index (κ1) is 23.9. The summed E-state index contributed by atoms with van der Waals surface area (Å²) in [4.78, 5) is 23.4. The van der Waals surface area contributed by atoms with Crippen molar-refractivity contribution in [2.24, 2.45) is 10.9 Å². The third-order valence-corrected chi connectivity index (χ3v) is 4.68. The van der Waals surface area contributed by atoms with Crippen molar-refractivity contribution < 1.29 is 27.9 Å². The molecule has 1 unspecified atom stereocenters. The number of nitrogens with one attached hydrogen (secondary N) is 1. The lowest BCUT2D eigenvalue weighted by Crippen LogP contribution is -2.30. The number of nitrogens with zero attached hydrogens (tertiary/aromatic N) is 1. The molecule has 0 saturated carbocycles. The number of aryl methyl sites for hydroxylation is 1. The first-order valence-electron chi connectivity index (χ1n) is 9.69. The van der Waals surface area contributed by atoms with Crippen LogP contribution in [0.3, 0.4) is 0 Å². The molecule has 0 radical (unpaired) electrons. The van der Waals surface area contributed by atoms with Crippen LogP contribution in [0.25, 0.3) is 0 Å². The van der Waals surface area contributed by atoms with Crippen molar-refractivity contribution in [2.75, 3.05) is 0 Å².